The van der Waals surface area contributed by atoms with Gasteiger partial charge < -0.3 is 15.8 Å². The van der Waals surface area contributed by atoms with Gasteiger partial charge in [0.2, 0.25) is 0 Å². The molecule has 2 aromatic carbocycles. The summed E-state index contributed by atoms with van der Waals surface area (Å²) in [5, 5.41) is 3.17. The highest BCUT2D eigenvalue weighted by Gasteiger charge is 2.03. The molecule has 4 nitrogen and oxygen atoms in total. The molecule has 0 aromatic heterocycles. The number of hydrogen-bond acceptors (Lipinski definition) is 2. The van der Waals surface area contributed by atoms with Gasteiger partial charge in [-0.2, -0.15) is 0 Å². The average Bonchev–Trinajstić information content (AvgIpc) is 2.59. The molecule has 0 aliphatic heterocycles. The molecule has 0 spiro atoms. The van der Waals surface area contributed by atoms with Crippen LogP contribution in [0.3, 0.4) is 0 Å². The fraction of sp³-hybridized carbons (Fsp3) is 0.350. The quantitative estimate of drug-likeness (QED) is 0.590. The zero-order chi connectivity index (χ0) is 17.4. The summed E-state index contributed by atoms with van der Waals surface area (Å²) in [4.78, 5) is 4.46. The van der Waals surface area contributed by atoms with Crippen LogP contribution in [-0.2, 0) is 17.9 Å². The zero-order valence-electron chi connectivity index (χ0n) is 14.8. The lowest BCUT2D eigenvalue weighted by atomic mass is 10.0. The van der Waals surface area contributed by atoms with Crippen LogP contribution in [0.15, 0.2) is 53.5 Å². The van der Waals surface area contributed by atoms with Crippen LogP contribution in [-0.4, -0.2) is 12.6 Å². The van der Waals surface area contributed by atoms with Gasteiger partial charge in [0.25, 0.3) is 0 Å². The molecule has 0 amide bonds. The number of rotatable bonds is 7. The first kappa shape index (κ1) is 18.0. The van der Waals surface area contributed by atoms with E-state index in [4.69, 9.17) is 10.5 Å². The maximum Gasteiger partial charge on any atom is 0.193 e. The van der Waals surface area contributed by atoms with Gasteiger partial charge in [-0.1, -0.05) is 50.2 Å². The van der Waals surface area contributed by atoms with Crippen LogP contribution >= 0.6 is 0 Å². The van der Waals surface area contributed by atoms with Crippen molar-refractivity contribution in [3.05, 3.63) is 65.2 Å². The van der Waals surface area contributed by atoms with Crippen molar-refractivity contribution in [2.24, 2.45) is 10.7 Å². The summed E-state index contributed by atoms with van der Waals surface area (Å²) >= 11 is 0. The Bertz CT molecular complexity index is 680. The van der Waals surface area contributed by atoms with Crippen molar-refractivity contribution < 1.29 is 4.74 Å². The summed E-state index contributed by atoms with van der Waals surface area (Å²) in [6.45, 7) is 8.18. The van der Waals surface area contributed by atoms with Crippen molar-refractivity contribution in [1.82, 2.24) is 0 Å². The van der Waals surface area contributed by atoms with Gasteiger partial charge in [0, 0.05) is 12.3 Å². The zero-order valence-corrected chi connectivity index (χ0v) is 14.8. The lowest BCUT2D eigenvalue weighted by Crippen LogP contribution is -2.22. The minimum atomic E-state index is 0.419. The maximum absolute atomic E-state index is 6.04. The predicted octanol–water partition coefficient (Wildman–Crippen LogP) is 4.27. The van der Waals surface area contributed by atoms with Gasteiger partial charge in [-0.3, -0.25) is 0 Å². The van der Waals surface area contributed by atoms with Crippen molar-refractivity contribution in [2.75, 3.05) is 11.9 Å². The second kappa shape index (κ2) is 9.08. The second-order valence-electron chi connectivity index (χ2n) is 6.01. The number of anilines is 1. The molecule has 3 N–H and O–H groups in total. The molecule has 2 rings (SSSR count). The maximum atomic E-state index is 6.04. The highest BCUT2D eigenvalue weighted by atomic mass is 16.5. The van der Waals surface area contributed by atoms with Crippen LogP contribution < -0.4 is 11.1 Å². The number of nitrogens with zero attached hydrogens (tertiary/aromatic N) is 1. The molecule has 2 aromatic rings. The molecule has 0 atom stereocenters. The van der Waals surface area contributed by atoms with Gasteiger partial charge in [0.05, 0.1) is 13.2 Å². The molecule has 0 aliphatic rings. The summed E-state index contributed by atoms with van der Waals surface area (Å²) in [6.07, 6.45) is 0. The normalized spacial score (nSPS) is 11.8. The predicted molar refractivity (Wildman–Crippen MR) is 101 cm³/mol. The van der Waals surface area contributed by atoms with E-state index in [0.29, 0.717) is 31.6 Å². The van der Waals surface area contributed by atoms with Gasteiger partial charge in [0.1, 0.15) is 0 Å². The van der Waals surface area contributed by atoms with Gasteiger partial charge in [0.15, 0.2) is 5.96 Å². The van der Waals surface area contributed by atoms with Crippen molar-refractivity contribution >= 4 is 11.6 Å². The summed E-state index contributed by atoms with van der Waals surface area (Å²) in [7, 11) is 0. The molecule has 24 heavy (non-hydrogen) atoms. The van der Waals surface area contributed by atoms with Crippen molar-refractivity contribution in [3.63, 3.8) is 0 Å². The van der Waals surface area contributed by atoms with E-state index in [2.05, 4.69) is 48.4 Å². The van der Waals surface area contributed by atoms with Gasteiger partial charge >= 0.3 is 0 Å². The van der Waals surface area contributed by atoms with E-state index >= 15 is 0 Å². The molecule has 0 saturated carbocycles. The Morgan fingerprint density at radius 2 is 1.88 bits per heavy atom. The molecule has 0 saturated heterocycles. The Morgan fingerprint density at radius 1 is 1.12 bits per heavy atom. The first-order valence-corrected chi connectivity index (χ1v) is 8.41. The molecule has 0 radical (unpaired) electrons. The van der Waals surface area contributed by atoms with Crippen LogP contribution in [0.4, 0.5) is 5.69 Å². The van der Waals surface area contributed by atoms with Crippen LogP contribution in [0.25, 0.3) is 0 Å². The number of nitrogens with two attached hydrogens (primary N) is 1. The Hall–Kier alpha value is -2.33. The Labute approximate surface area is 144 Å². The Kier molecular flexibility index (Phi) is 6.82. The fourth-order valence-electron chi connectivity index (χ4n) is 2.40. The number of ether oxygens (including phenoxy) is 1. The third-order valence-corrected chi connectivity index (χ3v) is 3.83. The molecule has 4 heteroatoms. The van der Waals surface area contributed by atoms with Crippen molar-refractivity contribution in [1.29, 1.82) is 0 Å². The van der Waals surface area contributed by atoms with Crippen LogP contribution in [0, 0.1) is 0 Å². The van der Waals surface area contributed by atoms with Crippen LogP contribution in [0.5, 0.6) is 0 Å². The lowest BCUT2D eigenvalue weighted by Gasteiger charge is -2.11. The van der Waals surface area contributed by atoms with E-state index in [0.717, 1.165) is 16.8 Å². The number of guanidine groups is 1. The minimum absolute atomic E-state index is 0.419. The summed E-state index contributed by atoms with van der Waals surface area (Å²) < 4.78 is 5.50. The van der Waals surface area contributed by atoms with E-state index in [-0.39, 0.29) is 0 Å². The van der Waals surface area contributed by atoms with Gasteiger partial charge in [-0.05, 0) is 41.7 Å². The van der Waals surface area contributed by atoms with Gasteiger partial charge in [-0.25, -0.2) is 4.99 Å². The molecule has 128 valence electrons. The molecule has 0 bridgehead atoms. The molecule has 0 unspecified atom stereocenters. The standard InChI is InChI=1S/C20H27N3O/c1-4-24-14-18-9-6-5-8-17(18)13-22-20(21)23-19-11-7-10-16(12-19)15(2)3/h5-12,15H,4,13-14H2,1-3H3,(H3,21,22,23). The third kappa shape index (κ3) is 5.39. The highest BCUT2D eigenvalue weighted by molar-refractivity contribution is 5.92. The number of nitrogens with one attached hydrogen (secondary N) is 1. The molecule has 0 heterocycles. The lowest BCUT2D eigenvalue weighted by molar-refractivity contribution is 0.133. The number of benzene rings is 2. The number of hydrogen-bond donors (Lipinski definition) is 2. The monoisotopic (exact) mass is 325 g/mol. The fourth-order valence-corrected chi connectivity index (χ4v) is 2.40. The van der Waals surface area contributed by atoms with E-state index in [1.54, 1.807) is 0 Å². The summed E-state index contributed by atoms with van der Waals surface area (Å²) in [6, 6.07) is 16.4. The Morgan fingerprint density at radius 3 is 2.58 bits per heavy atom. The van der Waals surface area contributed by atoms with Crippen molar-refractivity contribution in [2.45, 2.75) is 39.8 Å². The topological polar surface area (TPSA) is 59.6 Å². The van der Waals surface area contributed by atoms with Crippen molar-refractivity contribution in [3.8, 4) is 0 Å². The summed E-state index contributed by atoms with van der Waals surface area (Å²) in [5.74, 6) is 0.900. The largest absolute Gasteiger partial charge is 0.377 e. The molecule has 0 aliphatic carbocycles. The minimum Gasteiger partial charge on any atom is -0.377 e. The van der Waals surface area contributed by atoms with E-state index < -0.39 is 0 Å². The second-order valence-corrected chi connectivity index (χ2v) is 6.01. The van der Waals surface area contributed by atoms with E-state index in [9.17, 15) is 0 Å². The molecular weight excluding hydrogens is 298 g/mol. The van der Waals surface area contributed by atoms with Crippen LogP contribution in [0.1, 0.15) is 43.4 Å². The third-order valence-electron chi connectivity index (χ3n) is 3.83. The Balaban J connectivity index is 2.03. The van der Waals surface area contributed by atoms with Crippen LogP contribution in [0.2, 0.25) is 0 Å². The first-order chi connectivity index (χ1) is 11.6. The molecule has 0 fully saturated rings. The summed E-state index contributed by atoms with van der Waals surface area (Å²) in [5.41, 5.74) is 10.6. The molecular formula is C20H27N3O. The van der Waals surface area contributed by atoms with E-state index in [1.807, 2.05) is 31.2 Å². The average molecular weight is 325 g/mol. The number of aliphatic imine (C=N–C) groups is 1. The highest BCUT2D eigenvalue weighted by Crippen LogP contribution is 2.18. The smallest absolute Gasteiger partial charge is 0.193 e. The first-order valence-electron chi connectivity index (χ1n) is 8.41. The van der Waals surface area contributed by atoms with E-state index in [1.165, 1.54) is 5.56 Å². The van der Waals surface area contributed by atoms with Gasteiger partial charge in [-0.15, -0.1) is 0 Å². The SMILES string of the molecule is CCOCc1ccccc1CN=C(N)Nc1cccc(C(C)C)c1.